The molecule has 0 aliphatic heterocycles. The molecule has 108 valence electrons. The van der Waals surface area contributed by atoms with Crippen molar-refractivity contribution in [2.45, 2.75) is 24.4 Å². The molecule has 0 unspecified atom stereocenters. The first-order valence-electron chi connectivity index (χ1n) is 6.07. The molecule has 8 heteroatoms. The summed E-state index contributed by atoms with van der Waals surface area (Å²) in [5.74, 6) is 0. The minimum Gasteiger partial charge on any atom is -0.375 e. The van der Waals surface area contributed by atoms with Gasteiger partial charge in [-0.25, -0.2) is 4.98 Å². The number of rotatable bonds is 2. The van der Waals surface area contributed by atoms with Gasteiger partial charge in [0.2, 0.25) is 0 Å². The topological polar surface area (TPSA) is 75.6 Å². The van der Waals surface area contributed by atoms with Crippen LogP contribution in [0.3, 0.4) is 0 Å². The number of hydrogen-bond donors (Lipinski definition) is 1. The van der Waals surface area contributed by atoms with Gasteiger partial charge in [0.1, 0.15) is 0 Å². The number of nitriles is 1. The fourth-order valence-corrected chi connectivity index (χ4v) is 2.96. The maximum Gasteiger partial charge on any atom is 0.434 e. The van der Waals surface area contributed by atoms with Crippen molar-refractivity contribution in [1.82, 2.24) is 9.97 Å². The van der Waals surface area contributed by atoms with Crippen LogP contribution in [0.4, 0.5) is 18.3 Å². The number of nitrogens with two attached hydrogens (primary N) is 1. The zero-order chi connectivity index (χ0) is 15.3. The number of nitrogens with zero attached hydrogens (tertiary/aromatic N) is 3. The average molecular weight is 310 g/mol. The standard InChI is InChI=1S/C13H9F3N4S/c14-13(15,16)10-9(21-11(18)20-10)7-1-4-19-8(5-7)12(6-17)2-3-12/h1,4-5H,2-3H2,(H2,18,20). The lowest BCUT2D eigenvalue weighted by molar-refractivity contribution is -0.140. The second-order valence-electron chi connectivity index (χ2n) is 4.85. The van der Waals surface area contributed by atoms with E-state index in [0.29, 0.717) is 24.1 Å². The van der Waals surface area contributed by atoms with E-state index in [1.54, 1.807) is 0 Å². The van der Waals surface area contributed by atoms with E-state index < -0.39 is 17.3 Å². The number of thiazole rings is 1. The molecule has 1 fully saturated rings. The molecule has 1 aliphatic carbocycles. The lowest BCUT2D eigenvalue weighted by Crippen LogP contribution is -2.08. The van der Waals surface area contributed by atoms with Crippen molar-refractivity contribution in [3.05, 3.63) is 29.7 Å². The average Bonchev–Trinajstić information content (AvgIpc) is 3.14. The van der Waals surface area contributed by atoms with Crippen LogP contribution >= 0.6 is 11.3 Å². The van der Waals surface area contributed by atoms with Crippen LogP contribution in [0.25, 0.3) is 10.4 Å². The maximum absolute atomic E-state index is 13.0. The predicted octanol–water partition coefficient (Wildman–Crippen LogP) is 3.36. The Morgan fingerprint density at radius 1 is 1.38 bits per heavy atom. The van der Waals surface area contributed by atoms with Crippen molar-refractivity contribution in [2.75, 3.05) is 5.73 Å². The number of hydrogen-bond acceptors (Lipinski definition) is 5. The maximum atomic E-state index is 13.0. The van der Waals surface area contributed by atoms with Gasteiger partial charge in [-0.2, -0.15) is 18.4 Å². The second kappa shape index (κ2) is 4.43. The van der Waals surface area contributed by atoms with E-state index >= 15 is 0 Å². The van der Waals surface area contributed by atoms with Crippen molar-refractivity contribution < 1.29 is 13.2 Å². The van der Waals surface area contributed by atoms with E-state index in [1.807, 2.05) is 0 Å². The fraction of sp³-hybridized carbons (Fsp3) is 0.308. The molecule has 3 rings (SSSR count). The Hall–Kier alpha value is -2.14. The minimum atomic E-state index is -4.57. The summed E-state index contributed by atoms with van der Waals surface area (Å²) in [6.45, 7) is 0. The van der Waals surface area contributed by atoms with Crippen LogP contribution in [0, 0.1) is 11.3 Å². The Balaban J connectivity index is 2.11. The molecule has 2 aromatic rings. The first-order chi connectivity index (χ1) is 9.86. The van der Waals surface area contributed by atoms with E-state index in [4.69, 9.17) is 11.0 Å². The van der Waals surface area contributed by atoms with Crippen molar-refractivity contribution in [1.29, 1.82) is 5.26 Å². The van der Waals surface area contributed by atoms with Crippen LogP contribution in [0.15, 0.2) is 18.3 Å². The van der Waals surface area contributed by atoms with Crippen molar-refractivity contribution in [3.8, 4) is 16.5 Å². The summed E-state index contributed by atoms with van der Waals surface area (Å²) in [4.78, 5) is 7.45. The number of halogens is 3. The highest BCUT2D eigenvalue weighted by Gasteiger charge is 2.46. The largest absolute Gasteiger partial charge is 0.434 e. The van der Waals surface area contributed by atoms with Gasteiger partial charge in [-0.1, -0.05) is 11.3 Å². The summed E-state index contributed by atoms with van der Waals surface area (Å²) in [7, 11) is 0. The molecule has 2 heterocycles. The summed E-state index contributed by atoms with van der Waals surface area (Å²) in [6.07, 6.45) is -1.80. The third-order valence-corrected chi connectivity index (χ3v) is 4.32. The Bertz CT molecular complexity index is 741. The first-order valence-corrected chi connectivity index (χ1v) is 6.89. The molecule has 2 N–H and O–H groups in total. The number of aromatic nitrogens is 2. The van der Waals surface area contributed by atoms with Crippen LogP contribution in [-0.4, -0.2) is 9.97 Å². The highest BCUT2D eigenvalue weighted by Crippen LogP contribution is 2.48. The number of nitrogen functional groups attached to an aromatic ring is 1. The molecule has 1 aliphatic rings. The van der Waals surface area contributed by atoms with E-state index in [-0.39, 0.29) is 10.0 Å². The Morgan fingerprint density at radius 2 is 2.10 bits per heavy atom. The highest BCUT2D eigenvalue weighted by atomic mass is 32.1. The molecule has 21 heavy (non-hydrogen) atoms. The summed E-state index contributed by atoms with van der Waals surface area (Å²) in [6, 6.07) is 5.17. The van der Waals surface area contributed by atoms with Crippen molar-refractivity contribution in [3.63, 3.8) is 0 Å². The third-order valence-electron chi connectivity index (χ3n) is 3.39. The normalized spacial score (nSPS) is 16.5. The molecule has 0 spiro atoms. The molecule has 2 aromatic heterocycles. The monoisotopic (exact) mass is 310 g/mol. The van der Waals surface area contributed by atoms with Crippen LogP contribution in [0.2, 0.25) is 0 Å². The van der Waals surface area contributed by atoms with Crippen LogP contribution in [0.5, 0.6) is 0 Å². The Labute approximate surface area is 122 Å². The van der Waals surface area contributed by atoms with Gasteiger partial charge in [-0.15, -0.1) is 0 Å². The Kier molecular flexibility index (Phi) is 2.92. The molecule has 0 bridgehead atoms. The van der Waals surface area contributed by atoms with Gasteiger partial charge < -0.3 is 5.73 Å². The Morgan fingerprint density at radius 3 is 2.67 bits per heavy atom. The van der Waals surface area contributed by atoms with E-state index in [0.717, 1.165) is 11.3 Å². The smallest absolute Gasteiger partial charge is 0.375 e. The van der Waals surface area contributed by atoms with Gasteiger partial charge >= 0.3 is 6.18 Å². The molecular weight excluding hydrogens is 301 g/mol. The SMILES string of the molecule is N#CC1(c2cc(-c3sc(N)nc3C(F)(F)F)ccn2)CC1. The number of anilines is 1. The van der Waals surface area contributed by atoms with E-state index in [1.165, 1.54) is 18.3 Å². The van der Waals surface area contributed by atoms with Gasteiger partial charge in [0.25, 0.3) is 0 Å². The first kappa shape index (κ1) is 13.8. The predicted molar refractivity (Wildman–Crippen MR) is 71.3 cm³/mol. The summed E-state index contributed by atoms with van der Waals surface area (Å²) < 4.78 is 38.9. The third kappa shape index (κ3) is 2.34. The summed E-state index contributed by atoms with van der Waals surface area (Å²) in [5, 5.41) is 9.02. The van der Waals surface area contributed by atoms with E-state index in [2.05, 4.69) is 16.0 Å². The quantitative estimate of drug-likeness (QED) is 0.923. The molecule has 0 atom stereocenters. The molecule has 1 saturated carbocycles. The van der Waals surface area contributed by atoms with Gasteiger partial charge in [0.05, 0.1) is 22.1 Å². The highest BCUT2D eigenvalue weighted by molar-refractivity contribution is 7.18. The second-order valence-corrected chi connectivity index (χ2v) is 5.88. The minimum absolute atomic E-state index is 0.0441. The van der Waals surface area contributed by atoms with Crippen molar-refractivity contribution in [2.24, 2.45) is 0 Å². The molecule has 0 amide bonds. The lowest BCUT2D eigenvalue weighted by atomic mass is 10.0. The molecule has 0 saturated heterocycles. The van der Waals surface area contributed by atoms with E-state index in [9.17, 15) is 13.2 Å². The molecule has 0 aromatic carbocycles. The zero-order valence-corrected chi connectivity index (χ0v) is 11.4. The summed E-state index contributed by atoms with van der Waals surface area (Å²) >= 11 is 0.778. The van der Waals surface area contributed by atoms with Gasteiger partial charge in [0.15, 0.2) is 10.8 Å². The summed E-state index contributed by atoms with van der Waals surface area (Å²) in [5.41, 5.74) is 4.61. The van der Waals surface area contributed by atoms with Gasteiger partial charge in [-0.05, 0) is 30.5 Å². The van der Waals surface area contributed by atoms with Crippen molar-refractivity contribution >= 4 is 16.5 Å². The number of alkyl halides is 3. The molecule has 0 radical (unpaired) electrons. The zero-order valence-electron chi connectivity index (χ0n) is 10.6. The lowest BCUT2D eigenvalue weighted by Gasteiger charge is -2.09. The van der Waals surface area contributed by atoms with Crippen LogP contribution in [-0.2, 0) is 11.6 Å². The van der Waals surface area contributed by atoms with Gasteiger partial charge in [-0.3, -0.25) is 4.98 Å². The van der Waals surface area contributed by atoms with Crippen LogP contribution < -0.4 is 5.73 Å². The number of pyridine rings is 1. The molecule has 4 nitrogen and oxygen atoms in total. The van der Waals surface area contributed by atoms with Gasteiger partial charge in [0, 0.05) is 6.20 Å². The molecular formula is C13H9F3N4S. The van der Waals surface area contributed by atoms with Crippen LogP contribution in [0.1, 0.15) is 24.2 Å². The fourth-order valence-electron chi connectivity index (χ4n) is 2.11.